The molecule has 37 heavy (non-hydrogen) atoms. The molecule has 3 aliphatic rings. The van der Waals surface area contributed by atoms with Crippen molar-refractivity contribution in [1.82, 2.24) is 4.90 Å². The summed E-state index contributed by atoms with van der Waals surface area (Å²) in [5.74, 6) is -0.926. The minimum Gasteiger partial charge on any atom is -0.450 e. The summed E-state index contributed by atoms with van der Waals surface area (Å²) in [6.07, 6.45) is 1.15. The fraction of sp³-hybridized carbons (Fsp3) is 0.536. The Morgan fingerprint density at radius 1 is 0.973 bits per heavy atom. The third kappa shape index (κ3) is 5.70. The molecule has 0 radical (unpaired) electrons. The van der Waals surface area contributed by atoms with Gasteiger partial charge < -0.3 is 34.1 Å². The maximum absolute atomic E-state index is 13.5. The molecule has 2 aromatic rings. The van der Waals surface area contributed by atoms with Gasteiger partial charge in [0.2, 0.25) is 0 Å². The summed E-state index contributed by atoms with van der Waals surface area (Å²) in [7, 11) is 3.28. The van der Waals surface area contributed by atoms with Crippen LogP contribution in [0.25, 0.3) is 0 Å². The first-order chi connectivity index (χ1) is 18.1. The molecule has 3 heterocycles. The lowest BCUT2D eigenvalue weighted by atomic mass is 9.97. The van der Waals surface area contributed by atoms with Crippen molar-refractivity contribution < 1.29 is 23.7 Å². The zero-order valence-corrected chi connectivity index (χ0v) is 21.9. The van der Waals surface area contributed by atoms with Gasteiger partial charge in [-0.25, -0.2) is 0 Å². The third-order valence-corrected chi connectivity index (χ3v) is 7.57. The first-order valence-electron chi connectivity index (χ1n) is 13.2. The summed E-state index contributed by atoms with van der Waals surface area (Å²) in [5.41, 5.74) is 3.97. The van der Waals surface area contributed by atoms with Gasteiger partial charge in [0.1, 0.15) is 5.75 Å². The lowest BCUT2D eigenvalue weighted by Crippen LogP contribution is -2.52. The smallest absolute Gasteiger partial charge is 0.297 e. The number of ether oxygens (including phenoxy) is 4. The van der Waals surface area contributed by atoms with Crippen molar-refractivity contribution in [2.45, 2.75) is 18.6 Å². The SMILES string of the molecule is COCCN1CCN(c2cccc3c2OC(OC)(C(=O)Nc2ccc(N4CCOCC4)cc2)CC3)CC1. The molecule has 3 aliphatic heterocycles. The van der Waals surface area contributed by atoms with Crippen molar-refractivity contribution in [1.29, 1.82) is 0 Å². The van der Waals surface area contributed by atoms with Gasteiger partial charge in [0.25, 0.3) is 11.7 Å². The van der Waals surface area contributed by atoms with Crippen LogP contribution in [0.5, 0.6) is 5.75 Å². The summed E-state index contributed by atoms with van der Waals surface area (Å²) in [4.78, 5) is 20.6. The van der Waals surface area contributed by atoms with Crippen LogP contribution in [-0.4, -0.2) is 96.4 Å². The first-order valence-corrected chi connectivity index (χ1v) is 13.2. The number of carbonyl (C=O) groups is 1. The molecule has 2 aromatic carbocycles. The van der Waals surface area contributed by atoms with E-state index < -0.39 is 5.79 Å². The number of carbonyl (C=O) groups excluding carboxylic acids is 1. The lowest BCUT2D eigenvalue weighted by molar-refractivity contribution is -0.185. The molecule has 9 heteroatoms. The number of amides is 1. The van der Waals surface area contributed by atoms with Crippen molar-refractivity contribution >= 4 is 23.0 Å². The number of piperazine rings is 1. The number of benzene rings is 2. The number of aryl methyl sites for hydroxylation is 1. The molecule has 0 aliphatic carbocycles. The van der Waals surface area contributed by atoms with Crippen molar-refractivity contribution in [3.63, 3.8) is 0 Å². The largest absolute Gasteiger partial charge is 0.450 e. The second-order valence-corrected chi connectivity index (χ2v) is 9.75. The second kappa shape index (κ2) is 11.7. The Bertz CT molecular complexity index is 1050. The van der Waals surface area contributed by atoms with E-state index in [0.29, 0.717) is 18.5 Å². The molecule has 200 valence electrons. The third-order valence-electron chi connectivity index (χ3n) is 7.57. The molecule has 1 unspecified atom stereocenters. The average molecular weight is 511 g/mol. The first kappa shape index (κ1) is 25.8. The predicted molar refractivity (Wildman–Crippen MR) is 144 cm³/mol. The Labute approximate surface area is 219 Å². The van der Waals surface area contributed by atoms with E-state index in [0.717, 1.165) is 88.3 Å². The fourth-order valence-corrected chi connectivity index (χ4v) is 5.28. The number of morpholine rings is 1. The van der Waals surface area contributed by atoms with E-state index in [2.05, 4.69) is 38.2 Å². The summed E-state index contributed by atoms with van der Waals surface area (Å²) >= 11 is 0. The van der Waals surface area contributed by atoms with Crippen LogP contribution < -0.4 is 19.9 Å². The molecule has 5 rings (SSSR count). The minimum atomic E-state index is -1.38. The quantitative estimate of drug-likeness (QED) is 0.581. The standard InChI is InChI=1S/C28H38N4O5/c1-34-19-16-30-12-14-32(15-13-30)25-5-3-4-22-10-11-28(35-2,37-26(22)25)27(33)29-23-6-8-24(9-7-23)31-17-20-36-21-18-31/h3-9H,10-21H2,1-2H3,(H,29,33). The fourth-order valence-electron chi connectivity index (χ4n) is 5.28. The highest BCUT2D eigenvalue weighted by atomic mass is 16.7. The van der Waals surface area contributed by atoms with Gasteiger partial charge in [-0.15, -0.1) is 0 Å². The van der Waals surface area contributed by atoms with Crippen LogP contribution >= 0.6 is 0 Å². The highest BCUT2D eigenvalue weighted by molar-refractivity contribution is 5.97. The average Bonchev–Trinajstić information content (AvgIpc) is 2.96. The maximum Gasteiger partial charge on any atom is 0.297 e. The number of fused-ring (bicyclic) bond motifs is 1. The van der Waals surface area contributed by atoms with Gasteiger partial charge in [-0.1, -0.05) is 12.1 Å². The Balaban J connectivity index is 1.28. The summed E-state index contributed by atoms with van der Waals surface area (Å²) in [6, 6.07) is 14.1. The van der Waals surface area contributed by atoms with E-state index >= 15 is 0 Å². The van der Waals surface area contributed by atoms with Gasteiger partial charge in [-0.2, -0.15) is 0 Å². The number of anilines is 3. The van der Waals surface area contributed by atoms with Gasteiger partial charge in [-0.3, -0.25) is 9.69 Å². The Morgan fingerprint density at radius 2 is 1.73 bits per heavy atom. The van der Waals surface area contributed by atoms with Gasteiger partial charge in [0.15, 0.2) is 0 Å². The van der Waals surface area contributed by atoms with Crippen LogP contribution in [-0.2, 0) is 25.4 Å². The van der Waals surface area contributed by atoms with Crippen LogP contribution in [0.2, 0.25) is 0 Å². The summed E-state index contributed by atoms with van der Waals surface area (Å²) in [5, 5.41) is 3.02. The van der Waals surface area contributed by atoms with Crippen LogP contribution in [0.4, 0.5) is 17.1 Å². The van der Waals surface area contributed by atoms with Crippen LogP contribution in [0.15, 0.2) is 42.5 Å². The highest BCUT2D eigenvalue weighted by Crippen LogP contribution is 2.41. The summed E-state index contributed by atoms with van der Waals surface area (Å²) in [6.45, 7) is 8.60. The van der Waals surface area contributed by atoms with E-state index in [1.807, 2.05) is 24.3 Å². The highest BCUT2D eigenvalue weighted by Gasteiger charge is 2.45. The number of hydrogen-bond donors (Lipinski definition) is 1. The zero-order valence-electron chi connectivity index (χ0n) is 21.9. The van der Waals surface area contributed by atoms with E-state index in [-0.39, 0.29) is 5.91 Å². The Morgan fingerprint density at radius 3 is 2.43 bits per heavy atom. The topological polar surface area (TPSA) is 75.7 Å². The molecule has 2 fully saturated rings. The minimum absolute atomic E-state index is 0.293. The van der Waals surface area contributed by atoms with Gasteiger partial charge in [-0.05, 0) is 42.3 Å². The number of hydrogen-bond acceptors (Lipinski definition) is 8. The van der Waals surface area contributed by atoms with E-state index in [1.165, 1.54) is 0 Å². The van der Waals surface area contributed by atoms with Gasteiger partial charge in [0.05, 0.1) is 25.5 Å². The molecule has 0 spiro atoms. The number of para-hydroxylation sites is 1. The molecule has 0 bridgehead atoms. The molecule has 1 N–H and O–H groups in total. The zero-order chi connectivity index (χ0) is 25.7. The van der Waals surface area contributed by atoms with Crippen molar-refractivity contribution in [2.75, 3.05) is 95.0 Å². The Hall–Kier alpha value is -2.85. The number of rotatable bonds is 8. The molecular weight excluding hydrogens is 472 g/mol. The maximum atomic E-state index is 13.5. The van der Waals surface area contributed by atoms with E-state index in [1.54, 1.807) is 14.2 Å². The number of methoxy groups -OCH3 is 2. The van der Waals surface area contributed by atoms with Crippen molar-refractivity contribution in [3.8, 4) is 5.75 Å². The van der Waals surface area contributed by atoms with Crippen LogP contribution in [0.1, 0.15) is 12.0 Å². The number of nitrogens with zero attached hydrogens (tertiary/aromatic N) is 3. The van der Waals surface area contributed by atoms with Gasteiger partial charge >= 0.3 is 0 Å². The Kier molecular flexibility index (Phi) is 8.14. The van der Waals surface area contributed by atoms with E-state index in [9.17, 15) is 4.79 Å². The lowest BCUT2D eigenvalue weighted by Gasteiger charge is -2.40. The van der Waals surface area contributed by atoms with Gasteiger partial charge in [0, 0.05) is 77.8 Å². The second-order valence-electron chi connectivity index (χ2n) is 9.75. The van der Waals surface area contributed by atoms with E-state index in [4.69, 9.17) is 18.9 Å². The van der Waals surface area contributed by atoms with Crippen LogP contribution in [0.3, 0.4) is 0 Å². The number of nitrogens with one attached hydrogen (secondary N) is 1. The normalized spacial score (nSPS) is 22.3. The monoisotopic (exact) mass is 510 g/mol. The summed E-state index contributed by atoms with van der Waals surface area (Å²) < 4.78 is 22.9. The van der Waals surface area contributed by atoms with Crippen LogP contribution in [0, 0.1) is 0 Å². The van der Waals surface area contributed by atoms with Crippen molar-refractivity contribution in [3.05, 3.63) is 48.0 Å². The molecule has 1 amide bonds. The molecule has 0 aromatic heterocycles. The van der Waals surface area contributed by atoms with Crippen molar-refractivity contribution in [2.24, 2.45) is 0 Å². The predicted octanol–water partition coefficient (Wildman–Crippen LogP) is 2.60. The molecular formula is C28H38N4O5. The molecule has 1 atom stereocenters. The molecule has 9 nitrogen and oxygen atoms in total. The molecule has 0 saturated carbocycles. The molecule has 2 saturated heterocycles.